The predicted octanol–water partition coefficient (Wildman–Crippen LogP) is -0.360. The maximum absolute atomic E-state index is 8.44. The Morgan fingerprint density at radius 2 is 1.56 bits per heavy atom. The largest absolute Gasteiger partial charge is 0.565 e. The van der Waals surface area contributed by atoms with Gasteiger partial charge in [0.2, 0.25) is 6.16 Å². The minimum Gasteiger partial charge on any atom is -0.565 e. The highest BCUT2D eigenvalue weighted by molar-refractivity contribution is 7.87. The average Bonchev–Trinajstić information content (AvgIpc) is 1.19. The molecule has 6 heteroatoms. The van der Waals surface area contributed by atoms with Gasteiger partial charge in [-0.15, -0.1) is 0 Å². The van der Waals surface area contributed by atoms with Crippen molar-refractivity contribution >= 4 is 31.8 Å². The fourth-order valence-electron chi connectivity index (χ4n) is 0. The lowest BCUT2D eigenvalue weighted by Crippen LogP contribution is -2.17. The van der Waals surface area contributed by atoms with Crippen molar-refractivity contribution < 1.29 is 18.3 Å². The Morgan fingerprint density at radius 3 is 1.56 bits per heavy atom. The highest BCUT2D eigenvalue weighted by Crippen LogP contribution is 2.02. The Kier molecular flexibility index (Phi) is 6.20. The van der Waals surface area contributed by atoms with E-state index in [1.165, 1.54) is 0 Å². The van der Waals surface area contributed by atoms with Crippen LogP contribution in [-0.2, 0) is 0 Å². The highest BCUT2D eigenvalue weighted by atomic mass is 32.2. The zero-order valence-electron chi connectivity index (χ0n) is 5.11. The van der Waals surface area contributed by atoms with Gasteiger partial charge in [-0.3, -0.25) is 0 Å². The molecule has 0 unspecified atom stereocenters. The molecule has 0 heterocycles. The number of hydrogen-bond acceptors (Lipinski definition) is 4. The molecule has 0 aliphatic carbocycles. The second kappa shape index (κ2) is 4.78. The molecule has 0 aromatic carbocycles. The highest BCUT2D eigenvalue weighted by Gasteiger charge is 1.94. The number of carbonyl (C=O) groups is 1. The summed E-state index contributed by atoms with van der Waals surface area (Å²) in [5.74, 6) is 0. The molecule has 1 N–H and O–H groups in total. The van der Waals surface area contributed by atoms with Crippen LogP contribution in [-0.4, -0.2) is 28.7 Å². The number of hydrogen-bond donors (Lipinski definition) is 3. The smallest absolute Gasteiger partial charge is 0.249 e. The molecule has 56 valence electrons. The molecule has 0 aromatic heterocycles. The molecule has 0 saturated heterocycles. The van der Waals surface area contributed by atoms with E-state index in [9.17, 15) is 0 Å². The summed E-state index contributed by atoms with van der Waals surface area (Å²) in [6, 6.07) is 0. The van der Waals surface area contributed by atoms with Crippen molar-refractivity contribution in [3.05, 3.63) is 0 Å². The summed E-state index contributed by atoms with van der Waals surface area (Å²) in [4.78, 5) is 8.44. The van der Waals surface area contributed by atoms with Crippen LogP contribution >= 0.6 is 25.6 Å². The van der Waals surface area contributed by atoms with Crippen LogP contribution in [0.2, 0.25) is 0 Å². The molecule has 0 aromatic rings. The fraction of sp³-hybridized carbons (Fsp3) is 0.667. The van der Waals surface area contributed by atoms with Gasteiger partial charge in [-0.25, -0.2) is 3.29 Å². The maximum Gasteiger partial charge on any atom is 0.249 e. The molecule has 0 saturated carbocycles. The summed E-state index contributed by atoms with van der Waals surface area (Å²) < 4.78 is 0.389. The van der Waals surface area contributed by atoms with E-state index in [-0.39, 0.29) is 0 Å². The van der Waals surface area contributed by atoms with E-state index in [1.54, 1.807) is 0 Å². The molecule has 0 rings (SSSR count). The molecule has 0 bridgehead atoms. The van der Waals surface area contributed by atoms with E-state index >= 15 is 0 Å². The molecule has 0 spiro atoms. The third-order valence-electron chi connectivity index (χ3n) is 0. The third kappa shape index (κ3) is 56900. The molecule has 0 aliphatic heterocycles. The van der Waals surface area contributed by atoms with Crippen molar-refractivity contribution in [2.45, 2.75) is 0 Å². The third-order valence-corrected chi connectivity index (χ3v) is 0. The standard InChI is InChI=1S/C2H8NS2.CH2O3/c1-3(2,4)5;2-1(3)4/h4-5H,1-2H3;(H2,2,3,4)/q+1;/p-1. The van der Waals surface area contributed by atoms with Gasteiger partial charge in [-0.2, -0.15) is 0 Å². The van der Waals surface area contributed by atoms with Gasteiger partial charge in [0.05, 0.1) is 39.7 Å². The van der Waals surface area contributed by atoms with Gasteiger partial charge in [0.15, 0.2) is 0 Å². The predicted molar refractivity (Wildman–Crippen MR) is 38.1 cm³/mol. The lowest BCUT2D eigenvalue weighted by molar-refractivity contribution is -0.583. The van der Waals surface area contributed by atoms with Gasteiger partial charge in [0.1, 0.15) is 0 Å². The second-order valence-corrected chi connectivity index (χ2v) is 3.92. The van der Waals surface area contributed by atoms with Gasteiger partial charge in [-0.05, 0) is 0 Å². The van der Waals surface area contributed by atoms with E-state index in [0.717, 1.165) is 0 Å². The van der Waals surface area contributed by atoms with Gasteiger partial charge < -0.3 is 15.0 Å². The monoisotopic (exact) mass is 171 g/mol. The van der Waals surface area contributed by atoms with Gasteiger partial charge >= 0.3 is 0 Å². The minimum atomic E-state index is -2.08. The fourth-order valence-corrected chi connectivity index (χ4v) is 0. The molecular weight excluding hydrogens is 162 g/mol. The lowest BCUT2D eigenvalue weighted by atomic mass is 11.3. The van der Waals surface area contributed by atoms with Crippen molar-refractivity contribution in [3.63, 3.8) is 0 Å². The van der Waals surface area contributed by atoms with Crippen LogP contribution in [0.15, 0.2) is 0 Å². The van der Waals surface area contributed by atoms with Crippen LogP contribution < -0.4 is 5.11 Å². The first-order valence-electron chi connectivity index (χ1n) is 1.93. The van der Waals surface area contributed by atoms with Crippen LogP contribution in [0.3, 0.4) is 0 Å². The Bertz CT molecular complexity index is 79.5. The first kappa shape index (κ1) is 11.7. The quantitative estimate of drug-likeness (QED) is 0.344. The second-order valence-electron chi connectivity index (χ2n) is 1.60. The average molecular weight is 171 g/mol. The van der Waals surface area contributed by atoms with Crippen molar-refractivity contribution in [1.29, 1.82) is 0 Å². The number of nitrogens with zero attached hydrogens (tertiary/aromatic N) is 1. The van der Waals surface area contributed by atoms with Crippen LogP contribution in [0, 0.1) is 0 Å². The van der Waals surface area contributed by atoms with E-state index < -0.39 is 6.16 Å². The SMILES string of the molecule is C[N+](C)(S)S.O=C([O-])O. The Morgan fingerprint density at radius 1 is 1.56 bits per heavy atom. The van der Waals surface area contributed by atoms with Gasteiger partial charge in [0.25, 0.3) is 0 Å². The summed E-state index contributed by atoms with van der Waals surface area (Å²) >= 11 is 7.85. The summed E-state index contributed by atoms with van der Waals surface area (Å²) in [6.07, 6.45) is -2.08. The summed E-state index contributed by atoms with van der Waals surface area (Å²) in [6.45, 7) is 0. The lowest BCUT2D eigenvalue weighted by Gasteiger charge is -2.07. The Balaban J connectivity index is 0. The van der Waals surface area contributed by atoms with E-state index in [2.05, 4.69) is 25.6 Å². The normalized spacial score (nSPS) is 9.33. The molecule has 0 amide bonds. The number of carboxylic acid groups (broad SMARTS) is 2. The summed E-state index contributed by atoms with van der Waals surface area (Å²) in [5, 5.41) is 15.3. The zero-order valence-corrected chi connectivity index (χ0v) is 6.89. The first-order valence-corrected chi connectivity index (χ1v) is 2.73. The minimum absolute atomic E-state index is 0.389. The molecule has 0 fully saturated rings. The van der Waals surface area contributed by atoms with Crippen LogP contribution in [0.25, 0.3) is 0 Å². The van der Waals surface area contributed by atoms with E-state index in [0.29, 0.717) is 3.29 Å². The van der Waals surface area contributed by atoms with Crippen molar-refractivity contribution in [2.24, 2.45) is 0 Å². The Hall–Kier alpha value is -0.0700. The van der Waals surface area contributed by atoms with Crippen molar-refractivity contribution in [1.82, 2.24) is 0 Å². The number of quaternary nitrogens is 1. The number of thiol groups is 2. The molecule has 0 atom stereocenters. The molecule has 0 aliphatic rings. The molecule has 0 radical (unpaired) electrons. The van der Waals surface area contributed by atoms with Crippen molar-refractivity contribution in [2.75, 3.05) is 14.1 Å². The van der Waals surface area contributed by atoms with E-state index in [4.69, 9.17) is 15.0 Å². The van der Waals surface area contributed by atoms with Crippen molar-refractivity contribution in [3.8, 4) is 0 Å². The molecule has 4 nitrogen and oxygen atoms in total. The van der Waals surface area contributed by atoms with E-state index in [1.807, 2.05) is 14.1 Å². The van der Waals surface area contributed by atoms with Crippen LogP contribution in [0.1, 0.15) is 0 Å². The van der Waals surface area contributed by atoms with Crippen LogP contribution in [0.4, 0.5) is 4.79 Å². The zero-order chi connectivity index (χ0) is 8.08. The number of rotatable bonds is 0. The van der Waals surface area contributed by atoms with Crippen LogP contribution in [0.5, 0.6) is 0 Å². The summed E-state index contributed by atoms with van der Waals surface area (Å²) in [5.41, 5.74) is 0. The summed E-state index contributed by atoms with van der Waals surface area (Å²) in [7, 11) is 3.71. The maximum atomic E-state index is 8.44. The van der Waals surface area contributed by atoms with Gasteiger partial charge in [0, 0.05) is 0 Å². The Labute approximate surface area is 64.8 Å². The molecular formula is C3H9NO3S2. The van der Waals surface area contributed by atoms with Gasteiger partial charge in [-0.1, -0.05) is 0 Å². The first-order chi connectivity index (χ1) is 3.73. The molecule has 9 heavy (non-hydrogen) atoms. The topological polar surface area (TPSA) is 60.4 Å².